The van der Waals surface area contributed by atoms with Crippen molar-refractivity contribution >= 4 is 27.9 Å². The van der Waals surface area contributed by atoms with Crippen LogP contribution in [0.15, 0.2) is 72.9 Å². The summed E-state index contributed by atoms with van der Waals surface area (Å²) >= 11 is 0. The van der Waals surface area contributed by atoms with Crippen LogP contribution < -0.4 is 9.80 Å². The first-order chi connectivity index (χ1) is 20.3. The largest absolute Gasteiger partial charge is 0.378 e. The Morgan fingerprint density at radius 2 is 1.51 bits per heavy atom. The summed E-state index contributed by atoms with van der Waals surface area (Å²) in [7, 11) is 0. The fraction of sp³-hybridized carbons (Fsp3) is 0.382. The summed E-state index contributed by atoms with van der Waals surface area (Å²) in [5, 5.41) is 6.07. The van der Waals surface area contributed by atoms with Crippen LogP contribution in [0.5, 0.6) is 0 Å². The normalized spacial score (nSPS) is 21.4. The maximum absolute atomic E-state index is 5.64. The molecule has 7 nitrogen and oxygen atoms in total. The minimum absolute atomic E-state index is 0.379. The summed E-state index contributed by atoms with van der Waals surface area (Å²) in [6.45, 7) is 5.54. The van der Waals surface area contributed by atoms with E-state index >= 15 is 0 Å². The van der Waals surface area contributed by atoms with Gasteiger partial charge in [-0.3, -0.25) is 4.98 Å². The second-order valence-corrected chi connectivity index (χ2v) is 11.8. The molecule has 0 atom stereocenters. The number of para-hydroxylation sites is 1. The van der Waals surface area contributed by atoms with Gasteiger partial charge >= 0.3 is 0 Å². The van der Waals surface area contributed by atoms with Gasteiger partial charge in [0, 0.05) is 60.3 Å². The average molecular weight is 545 g/mol. The number of pyridine rings is 1. The van der Waals surface area contributed by atoms with Crippen LogP contribution in [-0.2, 0) is 4.74 Å². The second kappa shape index (κ2) is 10.5. The zero-order valence-electron chi connectivity index (χ0n) is 23.5. The van der Waals surface area contributed by atoms with Crippen LogP contribution in [0, 0.1) is 0 Å². The molecule has 2 aromatic carbocycles. The number of nitrogens with zero attached hydrogens (tertiary/aromatic N) is 6. The molecule has 208 valence electrons. The molecule has 8 rings (SSSR count). The van der Waals surface area contributed by atoms with Crippen molar-refractivity contribution < 1.29 is 4.74 Å². The molecule has 2 saturated heterocycles. The van der Waals surface area contributed by atoms with Crippen molar-refractivity contribution in [2.24, 2.45) is 0 Å². The molecule has 0 radical (unpaired) electrons. The van der Waals surface area contributed by atoms with E-state index in [1.807, 2.05) is 6.20 Å². The molecule has 7 heteroatoms. The van der Waals surface area contributed by atoms with E-state index in [0.29, 0.717) is 11.8 Å². The number of hydrogen-bond acceptors (Lipinski definition) is 6. The Hall–Kier alpha value is -3.97. The van der Waals surface area contributed by atoms with Crippen LogP contribution in [0.1, 0.15) is 55.3 Å². The predicted molar refractivity (Wildman–Crippen MR) is 164 cm³/mol. The predicted octanol–water partition coefficient (Wildman–Crippen LogP) is 6.43. The van der Waals surface area contributed by atoms with Crippen molar-refractivity contribution in [3.63, 3.8) is 0 Å². The number of imidazole rings is 1. The van der Waals surface area contributed by atoms with Gasteiger partial charge in [0.25, 0.3) is 0 Å². The third-order valence-corrected chi connectivity index (χ3v) is 9.30. The number of ether oxygens (including phenoxy) is 1. The number of aromatic nitrogens is 4. The lowest BCUT2D eigenvalue weighted by molar-refractivity contribution is 0.123. The average Bonchev–Trinajstić information content (AvgIpc) is 3.40. The van der Waals surface area contributed by atoms with Gasteiger partial charge in [-0.2, -0.15) is 5.10 Å². The summed E-state index contributed by atoms with van der Waals surface area (Å²) in [5.74, 6) is 0.833. The lowest BCUT2D eigenvalue weighted by Crippen LogP contribution is -2.36. The van der Waals surface area contributed by atoms with E-state index in [1.54, 1.807) is 0 Å². The molecule has 3 aliphatic rings. The fourth-order valence-electron chi connectivity index (χ4n) is 6.93. The summed E-state index contributed by atoms with van der Waals surface area (Å²) in [4.78, 5) is 15.3. The zero-order chi connectivity index (χ0) is 27.2. The highest BCUT2D eigenvalue weighted by Gasteiger charge is 2.37. The van der Waals surface area contributed by atoms with E-state index in [4.69, 9.17) is 19.8 Å². The SMILES string of the molecule is c1ccc2nc(C3CC(c4nc5c(N6CCOCC6)ccnn5c4-c4ccc(N5CCCCC5)cc4)C3)ccc2c1. The molecule has 0 amide bonds. The van der Waals surface area contributed by atoms with Gasteiger partial charge in [-0.05, 0) is 62.4 Å². The number of hydrogen-bond donors (Lipinski definition) is 0. The molecular weight excluding hydrogens is 508 g/mol. The Morgan fingerprint density at radius 3 is 2.34 bits per heavy atom. The molecule has 0 spiro atoms. The van der Waals surface area contributed by atoms with Gasteiger partial charge in [-0.25, -0.2) is 9.50 Å². The first-order valence-corrected chi connectivity index (χ1v) is 15.2. The highest BCUT2D eigenvalue weighted by Crippen LogP contribution is 2.49. The van der Waals surface area contributed by atoms with Crippen molar-refractivity contribution in [3.8, 4) is 11.3 Å². The van der Waals surface area contributed by atoms with Crippen LogP contribution in [-0.4, -0.2) is 59.0 Å². The van der Waals surface area contributed by atoms with Crippen molar-refractivity contribution in [1.29, 1.82) is 0 Å². The summed E-state index contributed by atoms with van der Waals surface area (Å²) in [6, 6.07) is 24.1. The number of benzene rings is 2. The minimum atomic E-state index is 0.379. The third kappa shape index (κ3) is 4.52. The highest BCUT2D eigenvalue weighted by atomic mass is 16.5. The van der Waals surface area contributed by atoms with Gasteiger partial charge in [0.05, 0.1) is 42.0 Å². The van der Waals surface area contributed by atoms with Gasteiger partial charge in [-0.1, -0.05) is 36.4 Å². The smallest absolute Gasteiger partial charge is 0.178 e. The third-order valence-electron chi connectivity index (χ3n) is 9.30. The van der Waals surface area contributed by atoms with Gasteiger partial charge in [0.2, 0.25) is 0 Å². The quantitative estimate of drug-likeness (QED) is 0.254. The van der Waals surface area contributed by atoms with E-state index in [1.165, 1.54) is 47.3 Å². The van der Waals surface area contributed by atoms with E-state index in [9.17, 15) is 0 Å². The van der Waals surface area contributed by atoms with Crippen LogP contribution >= 0.6 is 0 Å². The second-order valence-electron chi connectivity index (χ2n) is 11.8. The molecule has 5 heterocycles. The molecule has 41 heavy (non-hydrogen) atoms. The molecular formula is C34H36N6O. The van der Waals surface area contributed by atoms with E-state index in [-0.39, 0.29) is 0 Å². The van der Waals surface area contributed by atoms with Crippen molar-refractivity contribution in [3.05, 3.63) is 84.3 Å². The van der Waals surface area contributed by atoms with E-state index in [2.05, 4.69) is 81.0 Å². The van der Waals surface area contributed by atoms with Gasteiger partial charge in [0.1, 0.15) is 0 Å². The molecule has 2 aliphatic heterocycles. The molecule has 0 unspecified atom stereocenters. The minimum Gasteiger partial charge on any atom is -0.378 e. The Bertz CT molecular complexity index is 1680. The summed E-state index contributed by atoms with van der Waals surface area (Å²) < 4.78 is 7.74. The summed E-state index contributed by atoms with van der Waals surface area (Å²) in [6.07, 6.45) is 7.94. The van der Waals surface area contributed by atoms with Crippen LogP contribution in [0.25, 0.3) is 27.8 Å². The number of piperidine rings is 1. The maximum Gasteiger partial charge on any atom is 0.178 e. The lowest BCUT2D eigenvalue weighted by atomic mass is 9.71. The van der Waals surface area contributed by atoms with Crippen molar-refractivity contribution in [2.45, 2.75) is 43.9 Å². The number of anilines is 2. The molecule has 3 fully saturated rings. The Morgan fingerprint density at radius 1 is 0.707 bits per heavy atom. The monoisotopic (exact) mass is 544 g/mol. The lowest BCUT2D eigenvalue weighted by Gasteiger charge is -2.34. The van der Waals surface area contributed by atoms with Crippen molar-refractivity contribution in [1.82, 2.24) is 19.6 Å². The van der Waals surface area contributed by atoms with Crippen LogP contribution in [0.3, 0.4) is 0 Å². The molecule has 0 bridgehead atoms. The Labute approximate surface area is 240 Å². The zero-order valence-corrected chi connectivity index (χ0v) is 23.5. The Balaban J connectivity index is 1.16. The topological polar surface area (TPSA) is 58.8 Å². The molecule has 3 aromatic heterocycles. The fourth-order valence-corrected chi connectivity index (χ4v) is 6.93. The molecule has 0 N–H and O–H groups in total. The van der Waals surface area contributed by atoms with Gasteiger partial charge < -0.3 is 14.5 Å². The van der Waals surface area contributed by atoms with Crippen LogP contribution in [0.2, 0.25) is 0 Å². The first kappa shape index (κ1) is 24.8. The van der Waals surface area contributed by atoms with Crippen molar-refractivity contribution in [2.75, 3.05) is 49.2 Å². The molecule has 1 aliphatic carbocycles. The standard InChI is InChI=1S/C34H36N6O/c1-4-16-38(17-5-1)28-11-8-25(9-12-28)33-32(37-34-31(14-15-35-40(33)34)39-18-20-41-21-19-39)27-22-26(23-27)30-13-10-24-6-2-3-7-29(24)36-30/h2-3,6-15,26-27H,1,4-5,16-23H2. The number of rotatable bonds is 5. The Kier molecular flexibility index (Phi) is 6.32. The van der Waals surface area contributed by atoms with E-state index < -0.39 is 0 Å². The molecule has 1 saturated carbocycles. The number of morpholine rings is 1. The van der Waals surface area contributed by atoms with Gasteiger partial charge in [-0.15, -0.1) is 0 Å². The maximum atomic E-state index is 5.64. The highest BCUT2D eigenvalue weighted by molar-refractivity contribution is 5.79. The first-order valence-electron chi connectivity index (χ1n) is 15.2. The molecule has 5 aromatic rings. The van der Waals surface area contributed by atoms with Gasteiger partial charge in [0.15, 0.2) is 5.65 Å². The van der Waals surface area contributed by atoms with E-state index in [0.717, 1.165) is 74.8 Å². The summed E-state index contributed by atoms with van der Waals surface area (Å²) in [5.41, 5.74) is 9.18. The number of fused-ring (bicyclic) bond motifs is 2. The van der Waals surface area contributed by atoms with Crippen LogP contribution in [0.4, 0.5) is 11.4 Å².